The molecule has 0 bridgehead atoms. The molecule has 0 aromatic carbocycles. The normalized spacial score (nSPS) is 38.6. The first-order valence-corrected chi connectivity index (χ1v) is 9.30. The van der Waals surface area contributed by atoms with Crippen LogP contribution in [0.2, 0.25) is 0 Å². The zero-order chi connectivity index (χ0) is 17.3. The standard InChI is InChI=1S/C20H34O3/c1-14(10-13-21)8-11-19(3)15(2)9-12-20(4)16(18(22)23)6-5-7-17(19)20/h6,14-15,17,21H,5,7-13H2,1-4H3,(H,22,23)/t14-,15+,17+,19-,20+/m0/s1. The van der Waals surface area contributed by atoms with Crippen LogP contribution in [0.3, 0.4) is 0 Å². The maximum Gasteiger partial charge on any atom is 0.331 e. The third-order valence-corrected chi connectivity index (χ3v) is 7.23. The molecular weight excluding hydrogens is 288 g/mol. The summed E-state index contributed by atoms with van der Waals surface area (Å²) in [6.45, 7) is 9.43. The highest BCUT2D eigenvalue weighted by molar-refractivity contribution is 5.88. The van der Waals surface area contributed by atoms with Gasteiger partial charge >= 0.3 is 5.97 Å². The van der Waals surface area contributed by atoms with E-state index >= 15 is 0 Å². The van der Waals surface area contributed by atoms with Crippen LogP contribution in [-0.2, 0) is 4.79 Å². The van der Waals surface area contributed by atoms with Gasteiger partial charge in [-0.25, -0.2) is 4.79 Å². The van der Waals surface area contributed by atoms with E-state index in [0.29, 0.717) is 23.3 Å². The van der Waals surface area contributed by atoms with Crippen molar-refractivity contribution in [3.05, 3.63) is 11.6 Å². The van der Waals surface area contributed by atoms with Crippen LogP contribution < -0.4 is 0 Å². The number of carboxylic acid groups (broad SMARTS) is 1. The number of carboxylic acids is 1. The molecule has 2 N–H and O–H groups in total. The molecular formula is C20H34O3. The lowest BCUT2D eigenvalue weighted by Crippen LogP contribution is -2.51. The molecule has 0 aromatic heterocycles. The molecule has 0 aliphatic heterocycles. The summed E-state index contributed by atoms with van der Waals surface area (Å²) in [6.07, 6.45) is 9.24. The van der Waals surface area contributed by atoms with Crippen molar-refractivity contribution in [1.82, 2.24) is 0 Å². The van der Waals surface area contributed by atoms with Crippen molar-refractivity contribution < 1.29 is 15.0 Å². The maximum atomic E-state index is 11.8. The molecule has 0 unspecified atom stereocenters. The van der Waals surface area contributed by atoms with E-state index in [4.69, 9.17) is 5.11 Å². The molecule has 5 atom stereocenters. The second kappa shape index (κ2) is 6.96. The number of hydrogen-bond donors (Lipinski definition) is 2. The Labute approximate surface area is 141 Å². The van der Waals surface area contributed by atoms with Crippen LogP contribution in [0.4, 0.5) is 0 Å². The molecule has 0 heterocycles. The lowest BCUT2D eigenvalue weighted by Gasteiger charge is -2.57. The molecule has 3 heteroatoms. The molecule has 0 spiro atoms. The highest BCUT2D eigenvalue weighted by Crippen LogP contribution is 2.62. The van der Waals surface area contributed by atoms with Gasteiger partial charge in [-0.15, -0.1) is 0 Å². The number of allylic oxidation sites excluding steroid dienone is 1. The van der Waals surface area contributed by atoms with Crippen LogP contribution >= 0.6 is 0 Å². The zero-order valence-corrected chi connectivity index (χ0v) is 15.3. The van der Waals surface area contributed by atoms with Gasteiger partial charge in [0.1, 0.15) is 0 Å². The van der Waals surface area contributed by atoms with E-state index in [0.717, 1.165) is 44.9 Å². The number of aliphatic hydroxyl groups excluding tert-OH is 1. The lowest BCUT2D eigenvalue weighted by atomic mass is 9.46. The molecule has 1 fully saturated rings. The molecule has 1 saturated carbocycles. The summed E-state index contributed by atoms with van der Waals surface area (Å²) >= 11 is 0. The number of carbonyl (C=O) groups is 1. The van der Waals surface area contributed by atoms with Gasteiger partial charge in [0.25, 0.3) is 0 Å². The largest absolute Gasteiger partial charge is 0.478 e. The molecule has 132 valence electrons. The third-order valence-electron chi connectivity index (χ3n) is 7.23. The van der Waals surface area contributed by atoms with Gasteiger partial charge in [-0.2, -0.15) is 0 Å². The van der Waals surface area contributed by atoms with Crippen molar-refractivity contribution in [3.8, 4) is 0 Å². The maximum absolute atomic E-state index is 11.8. The molecule has 0 saturated heterocycles. The Morgan fingerprint density at radius 3 is 2.65 bits per heavy atom. The fraction of sp³-hybridized carbons (Fsp3) is 0.850. The number of rotatable bonds is 6. The number of aliphatic hydroxyl groups is 1. The highest BCUT2D eigenvalue weighted by Gasteiger charge is 2.55. The predicted molar refractivity (Wildman–Crippen MR) is 93.2 cm³/mol. The van der Waals surface area contributed by atoms with E-state index in [2.05, 4.69) is 27.7 Å². The topological polar surface area (TPSA) is 57.5 Å². The summed E-state index contributed by atoms with van der Waals surface area (Å²) in [5, 5.41) is 18.8. The fourth-order valence-corrected chi connectivity index (χ4v) is 5.36. The lowest BCUT2D eigenvalue weighted by molar-refractivity contribution is -0.137. The van der Waals surface area contributed by atoms with Crippen molar-refractivity contribution in [2.45, 2.75) is 72.6 Å². The van der Waals surface area contributed by atoms with E-state index in [-0.39, 0.29) is 17.4 Å². The molecule has 23 heavy (non-hydrogen) atoms. The summed E-state index contributed by atoms with van der Waals surface area (Å²) in [5.41, 5.74) is 0.687. The minimum atomic E-state index is -0.720. The zero-order valence-electron chi connectivity index (χ0n) is 15.3. The van der Waals surface area contributed by atoms with Crippen LogP contribution in [0.5, 0.6) is 0 Å². The van der Waals surface area contributed by atoms with Gasteiger partial charge in [0.15, 0.2) is 0 Å². The average Bonchev–Trinajstić information content (AvgIpc) is 2.49. The van der Waals surface area contributed by atoms with Crippen molar-refractivity contribution in [2.75, 3.05) is 6.61 Å². The van der Waals surface area contributed by atoms with E-state index in [1.54, 1.807) is 0 Å². The first-order chi connectivity index (χ1) is 10.8. The molecule has 0 amide bonds. The SMILES string of the molecule is C[C@H](CCO)CC[C@@]1(C)[C@H](C)CC[C@]2(C)C(C(=O)O)=CCC[C@H]12. The van der Waals surface area contributed by atoms with E-state index in [9.17, 15) is 9.90 Å². The second-order valence-corrected chi connectivity index (χ2v) is 8.57. The van der Waals surface area contributed by atoms with Gasteiger partial charge in [-0.3, -0.25) is 0 Å². The van der Waals surface area contributed by atoms with Crippen LogP contribution in [0, 0.1) is 28.6 Å². The van der Waals surface area contributed by atoms with E-state index in [1.165, 1.54) is 0 Å². The third kappa shape index (κ3) is 3.35. The van der Waals surface area contributed by atoms with Crippen molar-refractivity contribution in [2.24, 2.45) is 28.6 Å². The first kappa shape index (κ1) is 18.5. The van der Waals surface area contributed by atoms with Crippen LogP contribution in [-0.4, -0.2) is 22.8 Å². The Kier molecular flexibility index (Phi) is 5.60. The molecule has 3 nitrogen and oxygen atoms in total. The van der Waals surface area contributed by atoms with E-state index in [1.807, 2.05) is 6.08 Å². The molecule has 0 radical (unpaired) electrons. The van der Waals surface area contributed by atoms with Crippen LogP contribution in [0.15, 0.2) is 11.6 Å². The molecule has 2 aliphatic carbocycles. The quantitative estimate of drug-likeness (QED) is 0.748. The minimum absolute atomic E-state index is 0.175. The van der Waals surface area contributed by atoms with Crippen molar-refractivity contribution >= 4 is 5.97 Å². The minimum Gasteiger partial charge on any atom is -0.478 e. The van der Waals surface area contributed by atoms with Crippen molar-refractivity contribution in [1.29, 1.82) is 0 Å². The summed E-state index contributed by atoms with van der Waals surface area (Å²) in [4.78, 5) is 11.8. The Balaban J connectivity index is 2.25. The van der Waals surface area contributed by atoms with Gasteiger partial charge < -0.3 is 10.2 Å². The molecule has 2 aliphatic rings. The monoisotopic (exact) mass is 322 g/mol. The first-order valence-electron chi connectivity index (χ1n) is 9.30. The molecule has 2 rings (SSSR count). The second-order valence-electron chi connectivity index (χ2n) is 8.57. The fourth-order valence-electron chi connectivity index (χ4n) is 5.36. The van der Waals surface area contributed by atoms with Crippen LogP contribution in [0.25, 0.3) is 0 Å². The number of fused-ring (bicyclic) bond motifs is 1. The smallest absolute Gasteiger partial charge is 0.331 e. The van der Waals surface area contributed by atoms with Gasteiger partial charge in [0.2, 0.25) is 0 Å². The Bertz CT molecular complexity index is 470. The summed E-state index contributed by atoms with van der Waals surface area (Å²) in [7, 11) is 0. The number of aliphatic carboxylic acids is 1. The summed E-state index contributed by atoms with van der Waals surface area (Å²) < 4.78 is 0. The Morgan fingerprint density at radius 2 is 2.04 bits per heavy atom. The Morgan fingerprint density at radius 1 is 1.35 bits per heavy atom. The van der Waals surface area contributed by atoms with Gasteiger partial charge in [0, 0.05) is 17.6 Å². The summed E-state index contributed by atoms with van der Waals surface area (Å²) in [6, 6.07) is 0. The molecule has 0 aromatic rings. The van der Waals surface area contributed by atoms with Crippen LogP contribution in [0.1, 0.15) is 72.6 Å². The van der Waals surface area contributed by atoms with Gasteiger partial charge in [-0.05, 0) is 61.7 Å². The number of hydrogen-bond acceptors (Lipinski definition) is 2. The van der Waals surface area contributed by atoms with Gasteiger partial charge in [0.05, 0.1) is 0 Å². The average molecular weight is 322 g/mol. The Hall–Kier alpha value is -0.830. The van der Waals surface area contributed by atoms with Crippen molar-refractivity contribution in [3.63, 3.8) is 0 Å². The van der Waals surface area contributed by atoms with Gasteiger partial charge in [-0.1, -0.05) is 40.2 Å². The highest BCUT2D eigenvalue weighted by atomic mass is 16.4. The predicted octanol–water partition coefficient (Wildman–Crippen LogP) is 4.65. The summed E-state index contributed by atoms with van der Waals surface area (Å²) in [5.74, 6) is 0.907. The van der Waals surface area contributed by atoms with E-state index < -0.39 is 5.97 Å².